The molecule has 1 N–H and O–H groups in total. The molecule has 0 saturated carbocycles. The molecule has 0 radical (unpaired) electrons. The summed E-state index contributed by atoms with van der Waals surface area (Å²) in [6.45, 7) is 3.73. The molecule has 134 valence electrons. The number of hydrogen-bond acceptors (Lipinski definition) is 3. The summed E-state index contributed by atoms with van der Waals surface area (Å²) in [5.74, 6) is 0.111. The number of nitrogens with zero attached hydrogens (tertiary/aromatic N) is 1. The minimum Gasteiger partial charge on any atom is -0.491 e. The first-order valence-corrected chi connectivity index (χ1v) is 8.08. The highest BCUT2D eigenvalue weighted by atomic mass is 19.4. The van der Waals surface area contributed by atoms with Crippen LogP contribution in [0.25, 0.3) is 10.8 Å². The highest BCUT2D eigenvalue weighted by molar-refractivity contribution is 5.87. The molecule has 1 fully saturated rings. The van der Waals surface area contributed by atoms with E-state index in [4.69, 9.17) is 4.74 Å². The minimum atomic E-state index is -4.53. The molecule has 0 spiro atoms. The van der Waals surface area contributed by atoms with Crippen LogP contribution < -0.4 is 10.2 Å². The molecule has 1 atom stereocenters. The van der Waals surface area contributed by atoms with Crippen LogP contribution in [-0.2, 0) is 4.79 Å². The summed E-state index contributed by atoms with van der Waals surface area (Å²) in [6.07, 6.45) is -4.55. The van der Waals surface area contributed by atoms with Gasteiger partial charge in [0.1, 0.15) is 5.75 Å². The van der Waals surface area contributed by atoms with Crippen LogP contribution in [0.15, 0.2) is 36.4 Å². The van der Waals surface area contributed by atoms with Gasteiger partial charge in [-0.2, -0.15) is 13.2 Å². The van der Waals surface area contributed by atoms with Crippen molar-refractivity contribution in [3.05, 3.63) is 42.0 Å². The summed E-state index contributed by atoms with van der Waals surface area (Å²) in [5.41, 5.74) is 2.41. The molecule has 1 heterocycles. The lowest BCUT2D eigenvalue weighted by Crippen LogP contribution is -2.43. The Morgan fingerprint density at radius 3 is 2.56 bits per heavy atom. The number of hydrogen-bond donors (Lipinski definition) is 1. The molecule has 2 aromatic carbocycles. The summed E-state index contributed by atoms with van der Waals surface area (Å²) >= 11 is 0. The van der Waals surface area contributed by atoms with E-state index in [1.54, 1.807) is 30.3 Å². The number of rotatable bonds is 4. The highest BCUT2D eigenvalue weighted by Crippen LogP contribution is 2.41. The Morgan fingerprint density at radius 2 is 1.96 bits per heavy atom. The third-order valence-corrected chi connectivity index (χ3v) is 4.02. The summed E-state index contributed by atoms with van der Waals surface area (Å²) in [7, 11) is 0. The number of carbonyl (C=O) groups excluding carboxylic acids is 1. The van der Waals surface area contributed by atoms with Crippen LogP contribution in [0, 0.1) is 0 Å². The number of carbonyl (C=O) groups is 1. The van der Waals surface area contributed by atoms with E-state index < -0.39 is 18.1 Å². The maximum absolute atomic E-state index is 13.8. The zero-order valence-corrected chi connectivity index (χ0v) is 13.9. The molecule has 1 saturated heterocycles. The lowest BCUT2D eigenvalue weighted by molar-refractivity contribution is -0.190. The van der Waals surface area contributed by atoms with Crippen LogP contribution in [0.5, 0.6) is 5.75 Å². The first-order valence-electron chi connectivity index (χ1n) is 8.08. The Bertz CT molecular complexity index is 789. The topological polar surface area (TPSA) is 41.6 Å². The molecule has 2 aromatic rings. The molecule has 7 heteroatoms. The predicted octanol–water partition coefficient (Wildman–Crippen LogP) is 3.97. The van der Waals surface area contributed by atoms with Gasteiger partial charge in [0, 0.05) is 13.0 Å². The summed E-state index contributed by atoms with van der Waals surface area (Å²) in [6, 6.07) is 8.01. The second kappa shape index (κ2) is 6.55. The molecule has 1 aliphatic rings. The summed E-state index contributed by atoms with van der Waals surface area (Å²) in [5, 5.41) is 2.12. The molecule has 1 amide bonds. The Morgan fingerprint density at radius 1 is 1.20 bits per heavy atom. The van der Waals surface area contributed by atoms with Crippen molar-refractivity contribution < 1.29 is 22.7 Å². The van der Waals surface area contributed by atoms with E-state index in [1.807, 2.05) is 13.8 Å². The molecular formula is C18H19F3N2O2. The number of alkyl halides is 3. The third kappa shape index (κ3) is 3.71. The number of nitrogens with one attached hydrogen (secondary N) is 1. The van der Waals surface area contributed by atoms with Crippen LogP contribution >= 0.6 is 0 Å². The molecule has 4 nitrogen and oxygen atoms in total. The van der Waals surface area contributed by atoms with Crippen LogP contribution in [0.2, 0.25) is 0 Å². The van der Waals surface area contributed by atoms with Crippen molar-refractivity contribution in [2.24, 2.45) is 0 Å². The van der Waals surface area contributed by atoms with Gasteiger partial charge in [0.25, 0.3) is 0 Å². The molecule has 0 bridgehead atoms. The zero-order valence-electron chi connectivity index (χ0n) is 13.9. The first kappa shape index (κ1) is 17.5. The smallest absolute Gasteiger partial charge is 0.409 e. The number of fused-ring (bicyclic) bond motifs is 1. The Balaban J connectivity index is 2.11. The van der Waals surface area contributed by atoms with Crippen molar-refractivity contribution in [3.8, 4) is 5.75 Å². The number of benzene rings is 2. The fourth-order valence-corrected chi connectivity index (χ4v) is 3.07. The van der Waals surface area contributed by atoms with E-state index in [1.165, 1.54) is 6.07 Å². The zero-order chi connectivity index (χ0) is 18.2. The normalized spacial score (nSPS) is 17.1. The number of amides is 1. The lowest BCUT2D eigenvalue weighted by Gasteiger charge is -2.30. The second-order valence-corrected chi connectivity index (χ2v) is 6.32. The Kier molecular flexibility index (Phi) is 4.60. The van der Waals surface area contributed by atoms with Gasteiger partial charge in [0.15, 0.2) is 6.04 Å². The fourth-order valence-electron chi connectivity index (χ4n) is 3.07. The quantitative estimate of drug-likeness (QED) is 0.905. The largest absolute Gasteiger partial charge is 0.491 e. The maximum atomic E-state index is 13.8. The second-order valence-electron chi connectivity index (χ2n) is 6.32. The lowest BCUT2D eigenvalue weighted by atomic mass is 9.97. The standard InChI is InChI=1S/C18H19F3N2O2/c1-11(2)25-13-7-6-12-4-3-5-14(15(12)10-13)17(18(19,20)21)23-9-8-16(24)22-23/h3-7,10-11,17H,8-9H2,1-2H3,(H,22,24)/t17-/m0/s1. The van der Waals surface area contributed by atoms with Crippen molar-refractivity contribution in [1.82, 2.24) is 10.4 Å². The van der Waals surface area contributed by atoms with Gasteiger partial charge >= 0.3 is 6.18 Å². The van der Waals surface area contributed by atoms with Crippen LogP contribution in [0.1, 0.15) is 31.9 Å². The summed E-state index contributed by atoms with van der Waals surface area (Å²) in [4.78, 5) is 11.4. The number of hydrazine groups is 1. The monoisotopic (exact) mass is 352 g/mol. The van der Waals surface area contributed by atoms with E-state index in [0.29, 0.717) is 16.5 Å². The minimum absolute atomic E-state index is 0.0155. The molecule has 0 unspecified atom stereocenters. The van der Waals surface area contributed by atoms with Crippen molar-refractivity contribution in [2.75, 3.05) is 6.54 Å². The van der Waals surface area contributed by atoms with Crippen LogP contribution in [0.3, 0.4) is 0 Å². The highest BCUT2D eigenvalue weighted by Gasteiger charge is 2.47. The van der Waals surface area contributed by atoms with Crippen LogP contribution in [0.4, 0.5) is 13.2 Å². The van der Waals surface area contributed by atoms with Crippen molar-refractivity contribution in [1.29, 1.82) is 0 Å². The van der Waals surface area contributed by atoms with E-state index in [2.05, 4.69) is 5.43 Å². The molecular weight excluding hydrogens is 333 g/mol. The molecule has 25 heavy (non-hydrogen) atoms. The molecule has 3 rings (SSSR count). The SMILES string of the molecule is CC(C)Oc1ccc2cccc([C@H](N3CCC(=O)N3)C(F)(F)F)c2c1. The third-order valence-electron chi connectivity index (χ3n) is 4.02. The maximum Gasteiger partial charge on any atom is 0.409 e. The van der Waals surface area contributed by atoms with Crippen LogP contribution in [-0.4, -0.2) is 29.7 Å². The average Bonchev–Trinajstić information content (AvgIpc) is 2.92. The number of halogens is 3. The summed E-state index contributed by atoms with van der Waals surface area (Å²) < 4.78 is 47.0. The number of ether oxygens (including phenoxy) is 1. The Labute approximate surface area is 143 Å². The van der Waals surface area contributed by atoms with E-state index >= 15 is 0 Å². The van der Waals surface area contributed by atoms with Crippen molar-refractivity contribution >= 4 is 16.7 Å². The van der Waals surface area contributed by atoms with Gasteiger partial charge in [-0.1, -0.05) is 24.3 Å². The van der Waals surface area contributed by atoms with Gasteiger partial charge in [-0.05, 0) is 42.3 Å². The Hall–Kier alpha value is -2.28. The van der Waals surface area contributed by atoms with Crippen molar-refractivity contribution in [3.63, 3.8) is 0 Å². The fraction of sp³-hybridized carbons (Fsp3) is 0.389. The van der Waals surface area contributed by atoms with Gasteiger partial charge < -0.3 is 4.74 Å². The van der Waals surface area contributed by atoms with Gasteiger partial charge in [-0.25, -0.2) is 5.01 Å². The van der Waals surface area contributed by atoms with E-state index in [-0.39, 0.29) is 24.6 Å². The van der Waals surface area contributed by atoms with Gasteiger partial charge in [-0.15, -0.1) is 0 Å². The van der Waals surface area contributed by atoms with E-state index in [9.17, 15) is 18.0 Å². The first-order chi connectivity index (χ1) is 11.8. The molecule has 0 aliphatic carbocycles. The van der Waals surface area contributed by atoms with Gasteiger partial charge in [0.05, 0.1) is 6.10 Å². The average molecular weight is 352 g/mol. The predicted molar refractivity (Wildman–Crippen MR) is 88.0 cm³/mol. The van der Waals surface area contributed by atoms with E-state index in [0.717, 1.165) is 5.01 Å². The van der Waals surface area contributed by atoms with Gasteiger partial charge in [-0.3, -0.25) is 10.2 Å². The molecule has 1 aliphatic heterocycles. The molecule has 0 aromatic heterocycles. The van der Waals surface area contributed by atoms with Gasteiger partial charge in [0.2, 0.25) is 5.91 Å². The van der Waals surface area contributed by atoms with Crippen molar-refractivity contribution in [2.45, 2.75) is 38.6 Å².